The first kappa shape index (κ1) is 122. The number of para-hydroxylation sites is 6. The van der Waals surface area contributed by atoms with E-state index in [1.54, 1.807) is 11.4 Å². The third kappa shape index (κ3) is 36.7. The highest BCUT2D eigenvalue weighted by Gasteiger charge is 2.61. The van der Waals surface area contributed by atoms with Crippen molar-refractivity contribution in [2.75, 3.05) is 108 Å². The first-order valence-corrected chi connectivity index (χ1v) is 49.5. The zero-order chi connectivity index (χ0) is 90.0. The maximum Gasteiger partial charge on any atom is 0.0431 e. The Labute approximate surface area is 724 Å². The SMILES string of the molecule is CC.CC.CC.CC.CC.CC.CC.CC.CC.CC.CC.CC.CC.CC.CCCN(CCCN(CCCN(CCC)c1c(CC)cccc1CC)c1ccccc1CC)c1c(CC)cccc1CC.CCc1ccccc1N1CC2CN(c3c(CC)cccc3CC)C[C@@H](C)C23C(C1)CN(c1c(CC)cccc1CC)C[C@@H]3C. The van der Waals surface area contributed by atoms with E-state index in [1.807, 2.05) is 194 Å². The van der Waals surface area contributed by atoms with Crippen LogP contribution < -0.4 is 29.4 Å². The van der Waals surface area contributed by atoms with E-state index in [4.69, 9.17) is 0 Å². The molecule has 0 saturated carbocycles. The number of benzene rings is 6. The number of hydrogen-bond donors (Lipinski definition) is 0. The molecule has 1 spiro atoms. The van der Waals surface area contributed by atoms with Crippen LogP contribution in [0.15, 0.2) is 121 Å². The van der Waals surface area contributed by atoms with Crippen molar-refractivity contribution in [1.82, 2.24) is 0 Å². The van der Waals surface area contributed by atoms with E-state index < -0.39 is 0 Å². The molecule has 0 aliphatic carbocycles. The van der Waals surface area contributed by atoms with Gasteiger partial charge in [-0.2, -0.15) is 0 Å². The van der Waals surface area contributed by atoms with E-state index >= 15 is 0 Å². The highest BCUT2D eigenvalue weighted by Crippen LogP contribution is 2.59. The predicted octanol–water partition coefficient (Wildman–Crippen LogP) is 33.1. The zero-order valence-electron chi connectivity index (χ0n) is 85.4. The van der Waals surface area contributed by atoms with Crippen molar-refractivity contribution in [3.8, 4) is 0 Å². The van der Waals surface area contributed by atoms with Gasteiger partial charge in [-0.05, 0) is 175 Å². The van der Waals surface area contributed by atoms with Crippen molar-refractivity contribution in [2.24, 2.45) is 29.1 Å². The molecule has 5 atom stereocenters. The molecule has 0 amide bonds. The molecule has 3 fully saturated rings. The third-order valence-corrected chi connectivity index (χ3v) is 21.1. The molecule has 9 rings (SSSR count). The summed E-state index contributed by atoms with van der Waals surface area (Å²) in [4.78, 5) is 16.6. The second kappa shape index (κ2) is 80.5. The second-order valence-electron chi connectivity index (χ2n) is 26.1. The zero-order valence-corrected chi connectivity index (χ0v) is 85.4. The molecule has 6 heteroatoms. The van der Waals surface area contributed by atoms with E-state index in [9.17, 15) is 0 Å². The van der Waals surface area contributed by atoms with Crippen molar-refractivity contribution in [3.05, 3.63) is 177 Å². The quantitative estimate of drug-likeness (QED) is 0.0484. The number of rotatable bonds is 28. The summed E-state index contributed by atoms with van der Waals surface area (Å²) in [5.41, 5.74) is 24.4. The van der Waals surface area contributed by atoms with Crippen LogP contribution in [0.1, 0.15) is 372 Å². The highest BCUT2D eigenvalue weighted by atomic mass is 15.2. The molecular weight excluding hydrogens is 1390 g/mol. The molecule has 3 unspecified atom stereocenters. The lowest BCUT2D eigenvalue weighted by Gasteiger charge is -2.66. The summed E-state index contributed by atoms with van der Waals surface area (Å²) in [6.45, 7) is 103. The van der Waals surface area contributed by atoms with E-state index in [2.05, 4.69) is 248 Å². The van der Waals surface area contributed by atoms with Gasteiger partial charge in [0.2, 0.25) is 0 Å². The lowest BCUT2D eigenvalue weighted by atomic mass is 9.49. The predicted molar refractivity (Wildman–Crippen MR) is 542 cm³/mol. The molecule has 0 bridgehead atoms. The first-order chi connectivity index (χ1) is 56.5. The van der Waals surface area contributed by atoms with Gasteiger partial charge in [0.15, 0.2) is 0 Å². The largest absolute Gasteiger partial charge is 0.371 e. The molecule has 3 aliphatic heterocycles. The van der Waals surface area contributed by atoms with E-state index in [0.717, 1.165) is 116 Å². The average molecular weight is 1600 g/mol. The number of piperidine rings is 3. The molecule has 6 nitrogen and oxygen atoms in total. The highest BCUT2D eigenvalue weighted by molar-refractivity contribution is 5.65. The number of anilines is 6. The van der Waals surface area contributed by atoms with Gasteiger partial charge in [0, 0.05) is 124 Å². The van der Waals surface area contributed by atoms with Crippen molar-refractivity contribution < 1.29 is 0 Å². The Kier molecular flexibility index (Phi) is 85.7. The fourth-order valence-corrected chi connectivity index (χ4v) is 17.2. The standard InChI is InChI=1S/C41H57N3.C40H61N3.14C2H6/c1-8-31-17-13-14-22-38(31)42-25-36-27-43(39-32(9-2)18-15-19-33(39)10-3)23-29(6)41(36)30(7)24-44(28-37(41)26-42)40-34(11-4)20-16-21-35(40)12-5;1-8-27-42(39-34(11-4)22-17-23-35(39)12-5)31-19-29-41(38-26-16-15-21-33(38)10-3)30-20-32-43(28-9-2)40-36(13-6)24-18-25-37(40)14-7;14*1-2/h13-22,29-30,36-37H,8-12,23-28H2,1-7H3;15-18,21-26H,8-14,19-20,27-32H2,1-7H3;14*1-2H3/t29-,30+,36?,37?,41?;;;;;;;;;;;;;;;. The molecule has 0 N–H and O–H groups in total. The maximum absolute atomic E-state index is 2.84. The molecule has 0 aromatic heterocycles. The van der Waals surface area contributed by atoms with Gasteiger partial charge in [-0.1, -0.05) is 400 Å². The van der Waals surface area contributed by atoms with Crippen LogP contribution in [0.2, 0.25) is 0 Å². The van der Waals surface area contributed by atoms with Crippen molar-refractivity contribution >= 4 is 34.1 Å². The average Bonchev–Trinajstić information content (AvgIpc) is 0.704. The normalized spacial score (nSPS) is 15.2. The van der Waals surface area contributed by atoms with Crippen molar-refractivity contribution in [1.29, 1.82) is 0 Å². The van der Waals surface area contributed by atoms with Gasteiger partial charge in [0.1, 0.15) is 0 Å². The monoisotopic (exact) mass is 1600 g/mol. The van der Waals surface area contributed by atoms with Gasteiger partial charge in [0.05, 0.1) is 0 Å². The summed E-state index contributed by atoms with van der Waals surface area (Å²) in [7, 11) is 0. The fourth-order valence-electron chi connectivity index (χ4n) is 17.2. The summed E-state index contributed by atoms with van der Waals surface area (Å²) in [5, 5.41) is 0. The van der Waals surface area contributed by atoms with Crippen molar-refractivity contribution in [2.45, 2.75) is 381 Å². The molecule has 3 saturated heterocycles. The minimum Gasteiger partial charge on any atom is -0.371 e. The third-order valence-electron chi connectivity index (χ3n) is 21.1. The smallest absolute Gasteiger partial charge is 0.0431 e. The van der Waals surface area contributed by atoms with Crippen LogP contribution in [0, 0.1) is 29.1 Å². The Morgan fingerprint density at radius 1 is 0.252 bits per heavy atom. The van der Waals surface area contributed by atoms with Gasteiger partial charge < -0.3 is 29.4 Å². The van der Waals surface area contributed by atoms with Gasteiger partial charge in [0.25, 0.3) is 0 Å². The molecule has 6 aromatic carbocycles. The Morgan fingerprint density at radius 3 is 0.765 bits per heavy atom. The number of hydrogen-bond acceptors (Lipinski definition) is 6. The lowest BCUT2D eigenvalue weighted by Crippen LogP contribution is -2.71. The molecule has 3 heterocycles. The van der Waals surface area contributed by atoms with Gasteiger partial charge >= 0.3 is 0 Å². The van der Waals surface area contributed by atoms with Crippen LogP contribution >= 0.6 is 0 Å². The minimum atomic E-state index is 0.353. The number of aryl methyl sites for hydroxylation is 10. The second-order valence-corrected chi connectivity index (χ2v) is 26.1. The minimum absolute atomic E-state index is 0.353. The topological polar surface area (TPSA) is 19.4 Å². The first-order valence-electron chi connectivity index (χ1n) is 49.5. The van der Waals surface area contributed by atoms with Crippen LogP contribution in [-0.2, 0) is 64.2 Å². The van der Waals surface area contributed by atoms with Crippen LogP contribution in [0.3, 0.4) is 0 Å². The Balaban J connectivity index is -0.000000311. The van der Waals surface area contributed by atoms with Gasteiger partial charge in [-0.15, -0.1) is 0 Å². The van der Waals surface area contributed by atoms with E-state index in [-0.39, 0.29) is 0 Å². The summed E-state index contributed by atoms with van der Waals surface area (Å²) in [6.07, 6.45) is 15.6. The van der Waals surface area contributed by atoms with Crippen LogP contribution in [-0.4, -0.2) is 78.5 Å². The Hall–Kier alpha value is -5.88. The van der Waals surface area contributed by atoms with Crippen LogP contribution in [0.5, 0.6) is 0 Å². The molecule has 668 valence electrons. The molecule has 115 heavy (non-hydrogen) atoms. The van der Waals surface area contributed by atoms with Crippen LogP contribution in [0.4, 0.5) is 34.1 Å². The summed E-state index contributed by atoms with van der Waals surface area (Å²) >= 11 is 0. The molecule has 0 radical (unpaired) electrons. The Morgan fingerprint density at radius 2 is 0.487 bits per heavy atom. The summed E-state index contributed by atoms with van der Waals surface area (Å²) in [5.74, 6) is 2.56. The van der Waals surface area contributed by atoms with Crippen molar-refractivity contribution in [3.63, 3.8) is 0 Å². The van der Waals surface area contributed by atoms with E-state index in [0.29, 0.717) is 29.1 Å². The lowest BCUT2D eigenvalue weighted by molar-refractivity contribution is -0.0773. The molecule has 6 aromatic rings. The molecular formula is C109H202N6. The summed E-state index contributed by atoms with van der Waals surface area (Å²) in [6, 6.07) is 46.3. The maximum atomic E-state index is 2.84. The van der Waals surface area contributed by atoms with Crippen LogP contribution in [0.25, 0.3) is 0 Å². The molecule has 3 aliphatic rings. The van der Waals surface area contributed by atoms with Gasteiger partial charge in [-0.3, -0.25) is 0 Å². The fraction of sp³-hybridized carbons (Fsp3) is 0.670. The number of nitrogens with zero attached hydrogens (tertiary/aromatic N) is 6. The summed E-state index contributed by atoms with van der Waals surface area (Å²) < 4.78 is 0. The van der Waals surface area contributed by atoms with Gasteiger partial charge in [-0.25, -0.2) is 0 Å². The van der Waals surface area contributed by atoms with E-state index in [1.165, 1.54) is 130 Å². The Bertz CT molecular complexity index is 2820.